The quantitative estimate of drug-likeness (QED) is 0.398. The Morgan fingerprint density at radius 1 is 1.27 bits per heavy atom. The molecule has 33 heavy (non-hydrogen) atoms. The molecule has 3 aromatic rings. The normalized spacial score (nSPS) is 22.0. The van der Waals surface area contributed by atoms with Gasteiger partial charge in [0, 0.05) is 29.3 Å². The summed E-state index contributed by atoms with van der Waals surface area (Å²) in [6.07, 6.45) is -3.62. The van der Waals surface area contributed by atoms with Crippen LogP contribution in [0, 0.1) is 18.6 Å². The van der Waals surface area contributed by atoms with E-state index in [-0.39, 0.29) is 39.1 Å². The topological polar surface area (TPSA) is 78.3 Å². The maximum atomic E-state index is 14.3. The highest BCUT2D eigenvalue weighted by Gasteiger charge is 2.62. The van der Waals surface area contributed by atoms with Crippen LogP contribution < -0.4 is 5.32 Å². The monoisotopic (exact) mass is 485 g/mol. The number of nitrogens with one attached hydrogen (secondary N) is 1. The van der Waals surface area contributed by atoms with Crippen molar-refractivity contribution in [3.8, 4) is 5.75 Å². The lowest BCUT2D eigenvalue weighted by molar-refractivity contribution is -0.265. The predicted octanol–water partition coefficient (Wildman–Crippen LogP) is 5.83. The van der Waals surface area contributed by atoms with E-state index in [2.05, 4.69) is 15.3 Å². The molecule has 2 atom stereocenters. The first-order chi connectivity index (χ1) is 15.4. The van der Waals surface area contributed by atoms with Gasteiger partial charge in [0.05, 0.1) is 11.1 Å². The highest BCUT2D eigenvalue weighted by molar-refractivity contribution is 6.31. The molecule has 0 saturated carbocycles. The molecule has 1 aliphatic rings. The number of hydrogen-bond acceptors (Lipinski definition) is 5. The first kappa shape index (κ1) is 23.2. The molecule has 0 amide bonds. The van der Waals surface area contributed by atoms with Crippen LogP contribution in [0.1, 0.15) is 36.3 Å². The maximum absolute atomic E-state index is 14.3. The number of allylic oxidation sites excluding steroid dienone is 1. The number of fused-ring (bicyclic) bond motifs is 2. The molecule has 11 heteroatoms. The van der Waals surface area contributed by atoms with E-state index in [1.165, 1.54) is 32.2 Å². The van der Waals surface area contributed by atoms with E-state index in [0.717, 1.165) is 12.1 Å². The summed E-state index contributed by atoms with van der Waals surface area (Å²) in [6.45, 7) is 2.93. The molecule has 1 aliphatic carbocycles. The van der Waals surface area contributed by atoms with Crippen LogP contribution in [0.5, 0.6) is 5.75 Å². The number of anilines is 1. The minimum atomic E-state index is -5.14. The lowest BCUT2D eigenvalue weighted by Crippen LogP contribution is -2.54. The van der Waals surface area contributed by atoms with Crippen LogP contribution in [0.3, 0.4) is 0 Å². The molecule has 174 valence electrons. The van der Waals surface area contributed by atoms with Gasteiger partial charge < -0.3 is 15.5 Å². The minimum absolute atomic E-state index is 0.00566. The van der Waals surface area contributed by atoms with Gasteiger partial charge in [-0.15, -0.1) is 0 Å². The van der Waals surface area contributed by atoms with Crippen LogP contribution in [-0.4, -0.2) is 32.0 Å². The third-order valence-corrected chi connectivity index (χ3v) is 6.03. The Kier molecular flexibility index (Phi) is 5.49. The van der Waals surface area contributed by atoms with Gasteiger partial charge in [0.25, 0.3) is 0 Å². The van der Waals surface area contributed by atoms with Gasteiger partial charge in [-0.3, -0.25) is 0 Å². The van der Waals surface area contributed by atoms with Crippen molar-refractivity contribution < 1.29 is 32.2 Å². The summed E-state index contributed by atoms with van der Waals surface area (Å²) in [5.41, 5.74) is -4.10. The number of nitrogens with zero attached hydrogens (tertiary/aromatic N) is 2. The van der Waals surface area contributed by atoms with Gasteiger partial charge in [-0.05, 0) is 43.2 Å². The minimum Gasteiger partial charge on any atom is -0.504 e. The summed E-state index contributed by atoms with van der Waals surface area (Å²) >= 11 is 5.84. The third-order valence-electron chi connectivity index (χ3n) is 5.76. The Morgan fingerprint density at radius 3 is 2.61 bits per heavy atom. The molecule has 3 N–H and O–H groups in total. The van der Waals surface area contributed by atoms with E-state index in [9.17, 15) is 32.2 Å². The van der Waals surface area contributed by atoms with E-state index in [1.807, 2.05) is 0 Å². The van der Waals surface area contributed by atoms with E-state index < -0.39 is 46.6 Å². The summed E-state index contributed by atoms with van der Waals surface area (Å²) in [4.78, 5) is 7.97. The molecular formula is C22H17ClF5N3O2. The van der Waals surface area contributed by atoms with Crippen LogP contribution in [-0.2, 0) is 0 Å². The summed E-state index contributed by atoms with van der Waals surface area (Å²) in [5.74, 6) is -2.58. The Bertz CT molecular complexity index is 1310. The molecule has 0 bridgehead atoms. The molecule has 1 aromatic heterocycles. The molecule has 2 aromatic carbocycles. The zero-order chi connectivity index (χ0) is 24.3. The zero-order valence-corrected chi connectivity index (χ0v) is 18.0. The Balaban J connectivity index is 2.00. The molecule has 0 fully saturated rings. The van der Waals surface area contributed by atoms with Crippen LogP contribution in [0.4, 0.5) is 27.6 Å². The number of phenolic OH excluding ortho intramolecular Hbond substituents is 1. The molecule has 0 saturated heterocycles. The van der Waals surface area contributed by atoms with Gasteiger partial charge in [0.15, 0.2) is 17.2 Å². The summed E-state index contributed by atoms with van der Waals surface area (Å²) in [6, 6.07) is 1.19. The standard InChI is InChI=1S/C22H17ClF5N3O2/c1-3-10-7-21(33,22(26,27)28)20(11-6-13(23)17(25)19(32)16(10)11)31-15-5-4-14(24)18-12(15)8-29-9(2)30-18/h3-6,8,20,31-33H,7H2,1-2H3/b10-3-/t20-,21+/m0/s1. The fourth-order valence-corrected chi connectivity index (χ4v) is 4.31. The van der Waals surface area contributed by atoms with Crippen LogP contribution in [0.25, 0.3) is 16.5 Å². The molecule has 0 spiro atoms. The number of halogens is 6. The van der Waals surface area contributed by atoms with Gasteiger partial charge in [-0.2, -0.15) is 13.2 Å². The number of benzene rings is 2. The lowest BCUT2D eigenvalue weighted by Gasteiger charge is -2.44. The summed E-state index contributed by atoms with van der Waals surface area (Å²) in [5, 5.41) is 23.4. The highest BCUT2D eigenvalue weighted by atomic mass is 35.5. The average molecular weight is 486 g/mol. The smallest absolute Gasteiger partial charge is 0.419 e. The van der Waals surface area contributed by atoms with Gasteiger partial charge >= 0.3 is 6.18 Å². The van der Waals surface area contributed by atoms with Crippen molar-refractivity contribution >= 4 is 33.8 Å². The second kappa shape index (κ2) is 7.81. The van der Waals surface area contributed by atoms with E-state index in [0.29, 0.717) is 0 Å². The number of aliphatic hydroxyl groups is 1. The van der Waals surface area contributed by atoms with Crippen molar-refractivity contribution in [2.75, 3.05) is 5.32 Å². The molecule has 4 rings (SSSR count). The third kappa shape index (κ3) is 3.57. The summed E-state index contributed by atoms with van der Waals surface area (Å²) in [7, 11) is 0. The van der Waals surface area contributed by atoms with Crippen molar-refractivity contribution in [3.63, 3.8) is 0 Å². The van der Waals surface area contributed by atoms with Crippen LogP contribution >= 0.6 is 11.6 Å². The Labute approximate surface area is 189 Å². The molecule has 0 radical (unpaired) electrons. The van der Waals surface area contributed by atoms with Gasteiger partial charge in [-0.25, -0.2) is 18.7 Å². The van der Waals surface area contributed by atoms with Crippen molar-refractivity contribution in [1.29, 1.82) is 0 Å². The summed E-state index contributed by atoms with van der Waals surface area (Å²) < 4.78 is 71.3. The van der Waals surface area contributed by atoms with Crippen molar-refractivity contribution in [3.05, 3.63) is 64.1 Å². The molecular weight excluding hydrogens is 469 g/mol. The predicted molar refractivity (Wildman–Crippen MR) is 113 cm³/mol. The molecule has 0 aliphatic heterocycles. The van der Waals surface area contributed by atoms with Crippen molar-refractivity contribution in [1.82, 2.24) is 9.97 Å². The first-order valence-corrected chi connectivity index (χ1v) is 10.1. The number of aryl methyl sites for hydroxylation is 1. The number of aromatic hydroxyl groups is 1. The maximum Gasteiger partial charge on any atom is 0.419 e. The lowest BCUT2D eigenvalue weighted by atomic mass is 9.72. The highest BCUT2D eigenvalue weighted by Crippen LogP contribution is 2.55. The average Bonchev–Trinajstić information content (AvgIpc) is 2.74. The second-order valence-electron chi connectivity index (χ2n) is 7.75. The van der Waals surface area contributed by atoms with Crippen molar-refractivity contribution in [2.24, 2.45) is 0 Å². The van der Waals surface area contributed by atoms with E-state index >= 15 is 0 Å². The van der Waals surface area contributed by atoms with Crippen LogP contribution in [0.15, 0.2) is 30.5 Å². The molecule has 1 heterocycles. The second-order valence-corrected chi connectivity index (χ2v) is 8.16. The number of hydrogen-bond donors (Lipinski definition) is 3. The Hall–Kier alpha value is -2.98. The van der Waals surface area contributed by atoms with Gasteiger partial charge in [0.2, 0.25) is 0 Å². The molecule has 0 unspecified atom stereocenters. The number of aromatic nitrogens is 2. The first-order valence-electron chi connectivity index (χ1n) is 9.73. The largest absolute Gasteiger partial charge is 0.504 e. The van der Waals surface area contributed by atoms with Crippen LogP contribution in [0.2, 0.25) is 5.02 Å². The van der Waals surface area contributed by atoms with E-state index in [4.69, 9.17) is 11.6 Å². The fourth-order valence-electron chi connectivity index (χ4n) is 4.10. The Morgan fingerprint density at radius 2 is 1.97 bits per heavy atom. The van der Waals surface area contributed by atoms with Gasteiger partial charge in [-0.1, -0.05) is 17.7 Å². The fraction of sp³-hybridized carbons (Fsp3) is 0.273. The van der Waals surface area contributed by atoms with Gasteiger partial charge in [0.1, 0.15) is 17.2 Å². The number of phenols is 1. The molecule has 5 nitrogen and oxygen atoms in total. The number of alkyl halides is 3. The zero-order valence-electron chi connectivity index (χ0n) is 17.2. The van der Waals surface area contributed by atoms with E-state index in [1.54, 1.807) is 0 Å². The SMILES string of the molecule is C/C=C1/C[C@](O)(C(F)(F)F)[C@@H](Nc2ccc(F)c3nc(C)ncc23)c2cc(Cl)c(F)c(O)c21. The number of rotatable bonds is 2. The van der Waals surface area contributed by atoms with Crippen molar-refractivity contribution in [2.45, 2.75) is 38.1 Å².